The Morgan fingerprint density at radius 2 is 1.89 bits per heavy atom. The van der Waals surface area contributed by atoms with Crippen LogP contribution in [0.3, 0.4) is 0 Å². The van der Waals surface area contributed by atoms with Crippen molar-refractivity contribution < 1.29 is 4.79 Å². The highest BCUT2D eigenvalue weighted by atomic mass is 35.5. The summed E-state index contributed by atoms with van der Waals surface area (Å²) < 4.78 is 0. The summed E-state index contributed by atoms with van der Waals surface area (Å²) in [5, 5.41) is 15.4. The van der Waals surface area contributed by atoms with E-state index in [1.165, 1.54) is 12.4 Å². The molecule has 27 heavy (non-hydrogen) atoms. The van der Waals surface area contributed by atoms with Crippen LogP contribution in [0.5, 0.6) is 0 Å². The topological polar surface area (TPSA) is 90.7 Å². The van der Waals surface area contributed by atoms with E-state index in [1.807, 2.05) is 24.3 Å². The van der Waals surface area contributed by atoms with Gasteiger partial charge in [0, 0.05) is 29.6 Å². The lowest BCUT2D eigenvalue weighted by molar-refractivity contribution is 0.0953. The van der Waals surface area contributed by atoms with Crippen LogP contribution in [0.15, 0.2) is 60.9 Å². The number of carbonyl (C=O) groups is 1. The summed E-state index contributed by atoms with van der Waals surface area (Å²) in [5.74, 6) is 0.107. The molecular formula is C20H16ClN5O. The van der Waals surface area contributed by atoms with Crippen molar-refractivity contribution in [3.05, 3.63) is 82.6 Å². The smallest absolute Gasteiger partial charge is 0.254 e. The summed E-state index contributed by atoms with van der Waals surface area (Å²) in [4.78, 5) is 20.5. The van der Waals surface area contributed by atoms with Crippen LogP contribution >= 0.6 is 11.6 Å². The number of nitriles is 1. The quantitative estimate of drug-likeness (QED) is 0.683. The van der Waals surface area contributed by atoms with Crippen LogP contribution < -0.4 is 10.6 Å². The fraction of sp³-hybridized carbons (Fsp3) is 0.100. The van der Waals surface area contributed by atoms with Crippen molar-refractivity contribution in [1.82, 2.24) is 15.3 Å². The second-order valence-electron chi connectivity index (χ2n) is 5.75. The summed E-state index contributed by atoms with van der Waals surface area (Å²) >= 11 is 5.95. The Morgan fingerprint density at radius 1 is 1.11 bits per heavy atom. The Bertz CT molecular complexity index is 982. The van der Waals surface area contributed by atoms with Gasteiger partial charge in [-0.15, -0.1) is 0 Å². The SMILES string of the molecule is N#Cc1cccc(Nc2ncc(C(=O)NCCc3cccc(Cl)c3)cn2)c1. The fourth-order valence-corrected chi connectivity index (χ4v) is 2.63. The monoisotopic (exact) mass is 377 g/mol. The second-order valence-corrected chi connectivity index (χ2v) is 6.19. The molecule has 3 rings (SSSR count). The molecule has 0 fully saturated rings. The highest BCUT2D eigenvalue weighted by molar-refractivity contribution is 6.30. The van der Waals surface area contributed by atoms with Crippen molar-refractivity contribution in [3.8, 4) is 6.07 Å². The Labute approximate surface area is 161 Å². The molecule has 0 aliphatic heterocycles. The molecule has 1 aromatic heterocycles. The van der Waals surface area contributed by atoms with Crippen molar-refractivity contribution in [2.24, 2.45) is 0 Å². The van der Waals surface area contributed by atoms with Gasteiger partial charge in [0.05, 0.1) is 17.2 Å². The first-order valence-corrected chi connectivity index (χ1v) is 8.64. The summed E-state index contributed by atoms with van der Waals surface area (Å²) in [5.41, 5.74) is 2.67. The molecule has 7 heteroatoms. The molecule has 1 amide bonds. The lowest BCUT2D eigenvalue weighted by atomic mass is 10.1. The highest BCUT2D eigenvalue weighted by Crippen LogP contribution is 2.14. The number of carbonyl (C=O) groups excluding carboxylic acids is 1. The predicted octanol–water partition coefficient (Wildman–Crippen LogP) is 3.72. The number of anilines is 2. The van der Waals surface area contributed by atoms with E-state index < -0.39 is 0 Å². The molecular weight excluding hydrogens is 362 g/mol. The predicted molar refractivity (Wildman–Crippen MR) is 104 cm³/mol. The zero-order chi connectivity index (χ0) is 19.1. The van der Waals surface area contributed by atoms with Gasteiger partial charge in [-0.05, 0) is 42.3 Å². The van der Waals surface area contributed by atoms with Gasteiger partial charge in [-0.25, -0.2) is 9.97 Å². The molecule has 0 saturated heterocycles. The third kappa shape index (κ3) is 5.27. The third-order valence-electron chi connectivity index (χ3n) is 3.75. The average Bonchev–Trinajstić information content (AvgIpc) is 2.69. The van der Waals surface area contributed by atoms with Crippen LogP contribution in [0.1, 0.15) is 21.5 Å². The Hall–Kier alpha value is -3.43. The largest absolute Gasteiger partial charge is 0.352 e. The van der Waals surface area contributed by atoms with E-state index in [0.29, 0.717) is 40.8 Å². The maximum absolute atomic E-state index is 12.2. The van der Waals surface area contributed by atoms with Crippen LogP contribution in [0.25, 0.3) is 0 Å². The molecule has 134 valence electrons. The number of nitrogens with one attached hydrogen (secondary N) is 2. The van der Waals surface area contributed by atoms with Crippen LogP contribution in [0.4, 0.5) is 11.6 Å². The van der Waals surface area contributed by atoms with Gasteiger partial charge >= 0.3 is 0 Å². The van der Waals surface area contributed by atoms with Gasteiger partial charge in [0.25, 0.3) is 5.91 Å². The lowest BCUT2D eigenvalue weighted by Gasteiger charge is -2.07. The number of halogens is 1. The summed E-state index contributed by atoms with van der Waals surface area (Å²) in [6.07, 6.45) is 3.60. The molecule has 0 aliphatic carbocycles. The van der Waals surface area contributed by atoms with Gasteiger partial charge in [-0.1, -0.05) is 29.8 Å². The van der Waals surface area contributed by atoms with Gasteiger partial charge in [-0.3, -0.25) is 4.79 Å². The third-order valence-corrected chi connectivity index (χ3v) is 3.99. The molecule has 6 nitrogen and oxygen atoms in total. The zero-order valence-electron chi connectivity index (χ0n) is 14.3. The minimum atomic E-state index is -0.241. The van der Waals surface area contributed by atoms with E-state index in [4.69, 9.17) is 16.9 Å². The molecule has 2 N–H and O–H groups in total. The Balaban J connectivity index is 1.54. The molecule has 0 radical (unpaired) electrons. The first kappa shape index (κ1) is 18.4. The maximum atomic E-state index is 12.2. The fourth-order valence-electron chi connectivity index (χ4n) is 2.42. The van der Waals surface area contributed by atoms with Crippen LogP contribution in [0, 0.1) is 11.3 Å². The number of hydrogen-bond acceptors (Lipinski definition) is 5. The van der Waals surface area contributed by atoms with E-state index in [9.17, 15) is 4.79 Å². The van der Waals surface area contributed by atoms with Crippen LogP contribution in [0.2, 0.25) is 5.02 Å². The minimum Gasteiger partial charge on any atom is -0.352 e. The Morgan fingerprint density at radius 3 is 2.63 bits per heavy atom. The number of nitrogens with zero attached hydrogens (tertiary/aromatic N) is 3. The summed E-state index contributed by atoms with van der Waals surface area (Å²) in [6, 6.07) is 16.6. The molecule has 0 spiro atoms. The van der Waals surface area contributed by atoms with Gasteiger partial charge in [0.1, 0.15) is 0 Å². The van der Waals surface area contributed by atoms with Gasteiger partial charge in [0.15, 0.2) is 0 Å². The van der Waals surface area contributed by atoms with E-state index >= 15 is 0 Å². The van der Waals surface area contributed by atoms with E-state index in [0.717, 1.165) is 5.56 Å². The van der Waals surface area contributed by atoms with Crippen LogP contribution in [-0.2, 0) is 6.42 Å². The van der Waals surface area contributed by atoms with Crippen LogP contribution in [-0.4, -0.2) is 22.4 Å². The number of hydrogen-bond donors (Lipinski definition) is 2. The van der Waals surface area contributed by atoms with Crippen molar-refractivity contribution in [2.75, 3.05) is 11.9 Å². The molecule has 0 atom stereocenters. The highest BCUT2D eigenvalue weighted by Gasteiger charge is 2.07. The van der Waals surface area contributed by atoms with E-state index in [2.05, 4.69) is 26.7 Å². The number of benzene rings is 2. The van der Waals surface area contributed by atoms with Gasteiger partial charge in [-0.2, -0.15) is 5.26 Å². The van der Waals surface area contributed by atoms with Crippen molar-refractivity contribution in [1.29, 1.82) is 5.26 Å². The molecule has 1 heterocycles. The Kier molecular flexibility index (Phi) is 5.98. The molecule has 2 aromatic carbocycles. The molecule has 0 aliphatic rings. The van der Waals surface area contributed by atoms with Gasteiger partial charge in [0.2, 0.25) is 5.95 Å². The van der Waals surface area contributed by atoms with Crippen molar-refractivity contribution in [3.63, 3.8) is 0 Å². The summed E-state index contributed by atoms with van der Waals surface area (Å²) in [7, 11) is 0. The maximum Gasteiger partial charge on any atom is 0.254 e. The van der Waals surface area contributed by atoms with Crippen molar-refractivity contribution >= 4 is 29.1 Å². The summed E-state index contributed by atoms with van der Waals surface area (Å²) in [6.45, 7) is 0.486. The number of aromatic nitrogens is 2. The number of amides is 1. The molecule has 0 saturated carbocycles. The molecule has 0 unspecified atom stereocenters. The first-order chi connectivity index (χ1) is 13.1. The van der Waals surface area contributed by atoms with E-state index in [-0.39, 0.29) is 5.91 Å². The zero-order valence-corrected chi connectivity index (χ0v) is 15.1. The normalized spacial score (nSPS) is 10.1. The number of rotatable bonds is 6. The standard InChI is InChI=1S/C20H16ClN5O/c21-17-5-1-3-14(9-17)7-8-23-19(27)16-12-24-20(25-13-16)26-18-6-2-4-15(10-18)11-22/h1-6,9-10,12-13H,7-8H2,(H,23,27)(H,24,25,26). The first-order valence-electron chi connectivity index (χ1n) is 8.26. The minimum absolute atomic E-state index is 0.241. The average molecular weight is 378 g/mol. The lowest BCUT2D eigenvalue weighted by Crippen LogP contribution is -2.26. The molecule has 3 aromatic rings. The van der Waals surface area contributed by atoms with E-state index in [1.54, 1.807) is 24.3 Å². The molecule has 0 bridgehead atoms. The second kappa shape index (κ2) is 8.79. The van der Waals surface area contributed by atoms with Crippen molar-refractivity contribution in [2.45, 2.75) is 6.42 Å². The van der Waals surface area contributed by atoms with Gasteiger partial charge < -0.3 is 10.6 Å².